The van der Waals surface area contributed by atoms with Crippen LogP contribution in [0, 0.1) is 0 Å². The molecule has 0 radical (unpaired) electrons. The first-order valence-electron chi connectivity index (χ1n) is 4.70. The molecule has 1 aliphatic heterocycles. The molecule has 0 aliphatic carbocycles. The van der Waals surface area contributed by atoms with Gasteiger partial charge in [-0.05, 0) is 17.7 Å². The lowest BCUT2D eigenvalue weighted by atomic mass is 9.82. The molecule has 1 aliphatic rings. The number of benzene rings is 1. The van der Waals surface area contributed by atoms with Crippen LogP contribution in [0.2, 0.25) is 5.02 Å². The van der Waals surface area contributed by atoms with E-state index >= 15 is 0 Å². The van der Waals surface area contributed by atoms with Gasteiger partial charge in [-0.2, -0.15) is 13.2 Å². The van der Waals surface area contributed by atoms with E-state index in [2.05, 4.69) is 5.32 Å². The molecule has 2 nitrogen and oxygen atoms in total. The maximum atomic E-state index is 12.8. The number of hydrogen-bond acceptors (Lipinski definition) is 2. The lowest BCUT2D eigenvalue weighted by molar-refractivity contribution is -0.139. The van der Waals surface area contributed by atoms with Crippen LogP contribution in [0.3, 0.4) is 0 Å². The van der Waals surface area contributed by atoms with Crippen LogP contribution in [0.15, 0.2) is 18.2 Å². The summed E-state index contributed by atoms with van der Waals surface area (Å²) in [6.45, 7) is 0.690. The van der Waals surface area contributed by atoms with E-state index in [9.17, 15) is 13.2 Å². The average Bonchev–Trinajstić information content (AvgIpc) is 2.13. The molecule has 1 aromatic rings. The fourth-order valence-electron chi connectivity index (χ4n) is 1.77. The van der Waals surface area contributed by atoms with Crippen molar-refractivity contribution in [1.82, 2.24) is 5.32 Å². The van der Waals surface area contributed by atoms with Crippen LogP contribution in [0.1, 0.15) is 11.1 Å². The Morgan fingerprint density at radius 1 is 1.29 bits per heavy atom. The molecule has 1 saturated heterocycles. The number of alkyl halides is 3. The van der Waals surface area contributed by atoms with E-state index in [4.69, 9.17) is 17.3 Å². The smallest absolute Gasteiger partial charge is 0.319 e. The summed E-state index contributed by atoms with van der Waals surface area (Å²) in [6, 6.07) is 3.70. The second-order valence-electron chi connectivity index (χ2n) is 3.95. The Bertz CT molecular complexity index is 417. The summed E-state index contributed by atoms with van der Waals surface area (Å²) in [5.41, 5.74) is 4.28. The van der Waals surface area contributed by atoms with Crippen molar-refractivity contribution in [2.45, 2.75) is 11.7 Å². The molecule has 96 valence electrons. The van der Waals surface area contributed by atoms with Gasteiger partial charge >= 0.3 is 6.18 Å². The highest BCUT2D eigenvalue weighted by atomic mass is 35.5. The van der Waals surface area contributed by atoms with Crippen LogP contribution >= 0.6 is 24.0 Å². The number of halogens is 5. The van der Waals surface area contributed by atoms with E-state index in [1.54, 1.807) is 0 Å². The molecule has 0 aromatic heterocycles. The third-order valence-corrected chi connectivity index (χ3v) is 2.94. The van der Waals surface area contributed by atoms with E-state index in [0.717, 1.165) is 6.07 Å². The largest absolute Gasteiger partial charge is 0.416 e. The summed E-state index contributed by atoms with van der Waals surface area (Å²) in [5, 5.41) is 2.93. The zero-order valence-corrected chi connectivity index (χ0v) is 10.2. The van der Waals surface area contributed by atoms with Crippen LogP contribution < -0.4 is 11.1 Å². The fraction of sp³-hybridized carbons (Fsp3) is 0.400. The van der Waals surface area contributed by atoms with E-state index < -0.39 is 17.3 Å². The van der Waals surface area contributed by atoms with Crippen molar-refractivity contribution in [3.05, 3.63) is 34.3 Å². The minimum absolute atomic E-state index is 0. The molecule has 1 heterocycles. The Balaban J connectivity index is 0.00000144. The van der Waals surface area contributed by atoms with Gasteiger partial charge in [0.1, 0.15) is 0 Å². The van der Waals surface area contributed by atoms with Gasteiger partial charge in [0.15, 0.2) is 0 Å². The second-order valence-corrected chi connectivity index (χ2v) is 4.38. The van der Waals surface area contributed by atoms with E-state index in [1.165, 1.54) is 12.1 Å². The van der Waals surface area contributed by atoms with Gasteiger partial charge in [0.2, 0.25) is 0 Å². The first-order valence-corrected chi connectivity index (χ1v) is 5.07. The minimum atomic E-state index is -4.43. The van der Waals surface area contributed by atoms with Crippen LogP contribution in [0.5, 0.6) is 0 Å². The predicted octanol–water partition coefficient (Wildman–Crippen LogP) is 2.54. The Labute approximate surface area is 108 Å². The van der Waals surface area contributed by atoms with Crippen molar-refractivity contribution in [1.29, 1.82) is 0 Å². The normalized spacial score (nSPS) is 18.2. The monoisotopic (exact) mass is 286 g/mol. The first-order chi connectivity index (χ1) is 7.33. The molecule has 3 N–H and O–H groups in total. The first kappa shape index (κ1) is 14.6. The molecule has 1 fully saturated rings. The zero-order valence-electron chi connectivity index (χ0n) is 8.64. The Kier molecular flexibility index (Phi) is 3.98. The average molecular weight is 287 g/mol. The van der Waals surface area contributed by atoms with Crippen LogP contribution in [0.25, 0.3) is 0 Å². The van der Waals surface area contributed by atoms with Gasteiger partial charge in [0, 0.05) is 18.1 Å². The Morgan fingerprint density at radius 3 is 2.29 bits per heavy atom. The van der Waals surface area contributed by atoms with Gasteiger partial charge in [-0.1, -0.05) is 17.7 Å². The number of hydrogen-bond donors (Lipinski definition) is 2. The molecule has 0 spiro atoms. The van der Waals surface area contributed by atoms with Crippen molar-refractivity contribution < 1.29 is 13.2 Å². The molecular weight excluding hydrogens is 276 g/mol. The summed E-state index contributed by atoms with van der Waals surface area (Å²) < 4.78 is 38.4. The molecule has 17 heavy (non-hydrogen) atoms. The highest BCUT2D eigenvalue weighted by molar-refractivity contribution is 6.30. The highest BCUT2D eigenvalue weighted by Gasteiger charge is 2.42. The van der Waals surface area contributed by atoms with Crippen molar-refractivity contribution >= 4 is 24.0 Å². The summed E-state index contributed by atoms with van der Waals surface area (Å²) >= 11 is 5.58. The zero-order chi connectivity index (χ0) is 12.0. The lowest BCUT2D eigenvalue weighted by Crippen LogP contribution is -2.63. The van der Waals surface area contributed by atoms with Crippen molar-refractivity contribution in [2.24, 2.45) is 5.73 Å². The molecule has 0 unspecified atom stereocenters. The molecule has 0 saturated carbocycles. The molecule has 7 heteroatoms. The molecular formula is C10H11Cl2F3N2. The molecule has 0 bridgehead atoms. The van der Waals surface area contributed by atoms with E-state index in [1.807, 2.05) is 0 Å². The summed E-state index contributed by atoms with van der Waals surface area (Å²) in [4.78, 5) is 0. The number of nitrogens with two attached hydrogens (primary N) is 1. The summed E-state index contributed by atoms with van der Waals surface area (Å²) in [6.07, 6.45) is -4.43. The van der Waals surface area contributed by atoms with Crippen LogP contribution in [0.4, 0.5) is 13.2 Å². The quantitative estimate of drug-likeness (QED) is 0.833. The maximum absolute atomic E-state index is 12.8. The number of rotatable bonds is 1. The second kappa shape index (κ2) is 4.65. The van der Waals surface area contributed by atoms with Crippen molar-refractivity contribution in [2.75, 3.05) is 13.1 Å². The molecule has 1 aromatic carbocycles. The van der Waals surface area contributed by atoms with Crippen molar-refractivity contribution in [3.63, 3.8) is 0 Å². The maximum Gasteiger partial charge on any atom is 0.416 e. The summed E-state index contributed by atoms with van der Waals surface area (Å²) in [7, 11) is 0. The molecule has 2 rings (SSSR count). The van der Waals surface area contributed by atoms with Gasteiger partial charge in [-0.3, -0.25) is 0 Å². The topological polar surface area (TPSA) is 38.0 Å². The third-order valence-electron chi connectivity index (χ3n) is 2.70. The van der Waals surface area contributed by atoms with E-state index in [-0.39, 0.29) is 23.0 Å². The minimum Gasteiger partial charge on any atom is -0.319 e. The predicted molar refractivity (Wildman–Crippen MR) is 62.4 cm³/mol. The Morgan fingerprint density at radius 2 is 1.88 bits per heavy atom. The fourth-order valence-corrected chi connectivity index (χ4v) is 1.94. The SMILES string of the molecule is Cl.NC1(c2ccc(Cl)cc2C(F)(F)F)CNC1. The van der Waals surface area contributed by atoms with Crippen molar-refractivity contribution in [3.8, 4) is 0 Å². The van der Waals surface area contributed by atoms with Crippen LogP contribution in [-0.4, -0.2) is 13.1 Å². The molecule has 0 atom stereocenters. The van der Waals surface area contributed by atoms with Gasteiger partial charge in [-0.15, -0.1) is 12.4 Å². The van der Waals surface area contributed by atoms with E-state index in [0.29, 0.717) is 13.1 Å². The third kappa shape index (κ3) is 2.68. The summed E-state index contributed by atoms with van der Waals surface area (Å²) in [5.74, 6) is 0. The van der Waals surface area contributed by atoms with Gasteiger partial charge in [0.25, 0.3) is 0 Å². The van der Waals surface area contributed by atoms with Crippen LogP contribution in [-0.2, 0) is 11.7 Å². The van der Waals surface area contributed by atoms with Gasteiger partial charge in [0.05, 0.1) is 11.1 Å². The standard InChI is InChI=1S/C10H10ClF3N2.ClH/c11-6-1-2-7(9(15)4-16-5-9)8(3-6)10(12,13)14;/h1-3,16H,4-5,15H2;1H. The lowest BCUT2D eigenvalue weighted by Gasteiger charge is -2.40. The molecule has 0 amide bonds. The number of nitrogens with one attached hydrogen (secondary N) is 1. The van der Waals surface area contributed by atoms with Gasteiger partial charge in [-0.25, -0.2) is 0 Å². The Hall–Kier alpha value is -0.490. The van der Waals surface area contributed by atoms with Gasteiger partial charge < -0.3 is 11.1 Å². The highest BCUT2D eigenvalue weighted by Crippen LogP contribution is 2.38.